The van der Waals surface area contributed by atoms with Gasteiger partial charge in [0.05, 0.1) is 38.7 Å². The highest BCUT2D eigenvalue weighted by molar-refractivity contribution is 5.26. The van der Waals surface area contributed by atoms with Crippen molar-refractivity contribution < 1.29 is 14.2 Å². The van der Waals surface area contributed by atoms with Crippen LogP contribution in [0.15, 0.2) is 18.5 Å². The first kappa shape index (κ1) is 15.9. The summed E-state index contributed by atoms with van der Waals surface area (Å²) in [5.41, 5.74) is 1.06. The van der Waals surface area contributed by atoms with Crippen LogP contribution < -0.4 is 10.1 Å². The number of aromatic nitrogens is 1. The number of rotatable bonds is 10. The molecule has 0 aliphatic heterocycles. The van der Waals surface area contributed by atoms with Gasteiger partial charge in [-0.25, -0.2) is 0 Å². The molecule has 0 aliphatic rings. The Morgan fingerprint density at radius 2 is 2.11 bits per heavy atom. The van der Waals surface area contributed by atoms with Crippen LogP contribution in [0.3, 0.4) is 0 Å². The van der Waals surface area contributed by atoms with Gasteiger partial charge >= 0.3 is 0 Å². The summed E-state index contributed by atoms with van der Waals surface area (Å²) in [7, 11) is 3.57. The van der Waals surface area contributed by atoms with Crippen LogP contribution in [-0.4, -0.2) is 45.6 Å². The Hall–Kier alpha value is -1.17. The lowest BCUT2D eigenvalue weighted by molar-refractivity contribution is 0.0595. The molecule has 1 rings (SSSR count). The summed E-state index contributed by atoms with van der Waals surface area (Å²) in [5.74, 6) is 0.802. The van der Waals surface area contributed by atoms with Crippen molar-refractivity contribution in [2.75, 3.05) is 40.6 Å². The summed E-state index contributed by atoms with van der Waals surface area (Å²) in [6, 6.07) is 2.11. The molecule has 1 N–H and O–H groups in total. The predicted molar refractivity (Wildman–Crippen MR) is 74.5 cm³/mol. The molecule has 0 aliphatic carbocycles. The van der Waals surface area contributed by atoms with E-state index in [4.69, 9.17) is 14.2 Å². The van der Waals surface area contributed by atoms with Crippen molar-refractivity contribution >= 4 is 0 Å². The Bertz CT molecular complexity index is 347. The molecule has 0 spiro atoms. The fourth-order valence-electron chi connectivity index (χ4n) is 1.61. The van der Waals surface area contributed by atoms with Gasteiger partial charge in [-0.1, -0.05) is 6.92 Å². The molecular formula is C14H24N2O3. The van der Waals surface area contributed by atoms with Crippen molar-refractivity contribution in [3.8, 4) is 5.75 Å². The first-order valence-corrected chi connectivity index (χ1v) is 6.63. The molecule has 0 aromatic carbocycles. The molecule has 108 valence electrons. The number of pyridine rings is 1. The van der Waals surface area contributed by atoms with Gasteiger partial charge in [0, 0.05) is 13.3 Å². The monoisotopic (exact) mass is 268 g/mol. The van der Waals surface area contributed by atoms with Gasteiger partial charge in [0.1, 0.15) is 5.75 Å². The second kappa shape index (κ2) is 9.72. The van der Waals surface area contributed by atoms with Gasteiger partial charge in [0.25, 0.3) is 0 Å². The van der Waals surface area contributed by atoms with Crippen LogP contribution in [-0.2, 0) is 9.47 Å². The summed E-state index contributed by atoms with van der Waals surface area (Å²) in [4.78, 5) is 4.21. The van der Waals surface area contributed by atoms with Crippen molar-refractivity contribution in [3.63, 3.8) is 0 Å². The van der Waals surface area contributed by atoms with Gasteiger partial charge in [-0.05, 0) is 25.1 Å². The number of methoxy groups -OCH3 is 1. The molecule has 0 fully saturated rings. The minimum Gasteiger partial charge on any atom is -0.492 e. The number of ether oxygens (including phenoxy) is 3. The summed E-state index contributed by atoms with van der Waals surface area (Å²) in [6.07, 6.45) is 4.55. The molecule has 1 aromatic rings. The average Bonchev–Trinajstić information content (AvgIpc) is 2.45. The third-order valence-electron chi connectivity index (χ3n) is 2.67. The maximum atomic E-state index is 5.58. The lowest BCUT2D eigenvalue weighted by Crippen LogP contribution is -2.23. The first-order chi connectivity index (χ1) is 9.31. The predicted octanol–water partition coefficient (Wildman–Crippen LogP) is 1.79. The first-order valence-electron chi connectivity index (χ1n) is 6.63. The molecule has 1 atom stereocenters. The molecule has 0 bridgehead atoms. The van der Waals surface area contributed by atoms with Gasteiger partial charge in [0.2, 0.25) is 0 Å². The molecule has 1 heterocycles. The van der Waals surface area contributed by atoms with Crippen LogP contribution in [0.4, 0.5) is 0 Å². The molecule has 0 saturated heterocycles. The maximum absolute atomic E-state index is 5.58. The number of likely N-dealkylation sites (N-methyl/N-ethyl adjacent to an activating group) is 1. The number of nitrogens with one attached hydrogen (secondary N) is 1. The summed E-state index contributed by atoms with van der Waals surface area (Å²) < 4.78 is 16.1. The molecule has 1 unspecified atom stereocenters. The number of hydrogen-bond acceptors (Lipinski definition) is 5. The van der Waals surface area contributed by atoms with Crippen LogP contribution in [0.5, 0.6) is 5.75 Å². The number of hydrogen-bond donors (Lipinski definition) is 1. The van der Waals surface area contributed by atoms with Gasteiger partial charge in [-0.3, -0.25) is 4.98 Å². The molecule has 5 nitrogen and oxygen atoms in total. The minimum absolute atomic E-state index is 0.106. The molecule has 1 aromatic heterocycles. The Labute approximate surface area is 115 Å². The summed E-state index contributed by atoms with van der Waals surface area (Å²) >= 11 is 0. The lowest BCUT2D eigenvalue weighted by atomic mass is 10.1. The highest BCUT2D eigenvalue weighted by Gasteiger charge is 2.10. The fraction of sp³-hybridized carbons (Fsp3) is 0.643. The zero-order chi connectivity index (χ0) is 13.9. The normalized spacial score (nSPS) is 12.4. The van der Waals surface area contributed by atoms with Gasteiger partial charge in [0.15, 0.2) is 0 Å². The molecule has 0 amide bonds. The third-order valence-corrected chi connectivity index (χ3v) is 2.67. The Kier molecular flexibility index (Phi) is 8.13. The highest BCUT2D eigenvalue weighted by atomic mass is 16.5. The van der Waals surface area contributed by atoms with Crippen LogP contribution in [0.25, 0.3) is 0 Å². The van der Waals surface area contributed by atoms with Crippen molar-refractivity contribution in [2.45, 2.75) is 19.4 Å². The van der Waals surface area contributed by atoms with E-state index in [0.29, 0.717) is 26.4 Å². The van der Waals surface area contributed by atoms with Crippen molar-refractivity contribution in [2.24, 2.45) is 0 Å². The van der Waals surface area contributed by atoms with Gasteiger partial charge in [-0.15, -0.1) is 0 Å². The van der Waals surface area contributed by atoms with E-state index in [0.717, 1.165) is 17.7 Å². The van der Waals surface area contributed by atoms with Crippen molar-refractivity contribution in [1.29, 1.82) is 0 Å². The molecular weight excluding hydrogens is 244 g/mol. The summed E-state index contributed by atoms with van der Waals surface area (Å²) in [5, 5.41) is 3.22. The van der Waals surface area contributed by atoms with Gasteiger partial charge < -0.3 is 19.5 Å². The topological polar surface area (TPSA) is 52.6 Å². The Morgan fingerprint density at radius 3 is 2.79 bits per heavy atom. The maximum Gasteiger partial charge on any atom is 0.137 e. The average molecular weight is 268 g/mol. The van der Waals surface area contributed by atoms with Crippen LogP contribution in [0.1, 0.15) is 24.9 Å². The molecule has 19 heavy (non-hydrogen) atoms. The van der Waals surface area contributed by atoms with Crippen molar-refractivity contribution in [3.05, 3.63) is 24.0 Å². The Morgan fingerprint density at radius 1 is 1.26 bits per heavy atom. The van der Waals surface area contributed by atoms with E-state index in [1.807, 2.05) is 19.3 Å². The van der Waals surface area contributed by atoms with Gasteiger partial charge in [-0.2, -0.15) is 0 Å². The standard InChI is InChI=1S/C14H24N2O3/c1-4-5-19-13-8-12(9-16-10-13)14(15-2)11-18-7-6-17-3/h8-10,14-15H,4-7,11H2,1-3H3. The minimum atomic E-state index is 0.106. The van der Waals surface area contributed by atoms with E-state index >= 15 is 0 Å². The van der Waals surface area contributed by atoms with E-state index in [2.05, 4.69) is 17.2 Å². The fourth-order valence-corrected chi connectivity index (χ4v) is 1.61. The van der Waals surface area contributed by atoms with E-state index in [1.54, 1.807) is 13.3 Å². The zero-order valence-corrected chi connectivity index (χ0v) is 12.0. The second-order valence-corrected chi connectivity index (χ2v) is 4.21. The SMILES string of the molecule is CCCOc1cncc(C(COCCOC)NC)c1. The second-order valence-electron chi connectivity index (χ2n) is 4.21. The van der Waals surface area contributed by atoms with Crippen LogP contribution in [0.2, 0.25) is 0 Å². The zero-order valence-electron chi connectivity index (χ0n) is 12.0. The van der Waals surface area contributed by atoms with Crippen LogP contribution >= 0.6 is 0 Å². The molecule has 0 radical (unpaired) electrons. The Balaban J connectivity index is 2.54. The summed E-state index contributed by atoms with van der Waals surface area (Å²) in [6.45, 7) is 4.57. The van der Waals surface area contributed by atoms with Crippen LogP contribution in [0, 0.1) is 0 Å². The highest BCUT2D eigenvalue weighted by Crippen LogP contribution is 2.18. The molecule has 0 saturated carbocycles. The van der Waals surface area contributed by atoms with E-state index in [1.165, 1.54) is 0 Å². The lowest BCUT2D eigenvalue weighted by Gasteiger charge is -2.17. The largest absolute Gasteiger partial charge is 0.492 e. The molecule has 5 heteroatoms. The van der Waals surface area contributed by atoms with Crippen molar-refractivity contribution in [1.82, 2.24) is 10.3 Å². The quantitative estimate of drug-likeness (QED) is 0.656. The van der Waals surface area contributed by atoms with E-state index < -0.39 is 0 Å². The van der Waals surface area contributed by atoms with E-state index in [9.17, 15) is 0 Å². The smallest absolute Gasteiger partial charge is 0.137 e. The number of nitrogens with zero attached hydrogens (tertiary/aromatic N) is 1. The third kappa shape index (κ3) is 6.00. The van der Waals surface area contributed by atoms with E-state index in [-0.39, 0.29) is 6.04 Å².